The zero-order valence-electron chi connectivity index (χ0n) is 6.09. The molecule has 4 heteroatoms. The zero-order valence-corrected chi connectivity index (χ0v) is 6.91. The molecule has 0 aromatic heterocycles. The van der Waals surface area contributed by atoms with Gasteiger partial charge in [-0.2, -0.15) is 0 Å². The first kappa shape index (κ1) is 8.01. The first-order valence-corrected chi connectivity index (χ1v) is 5.28. The third-order valence-corrected chi connectivity index (χ3v) is 3.67. The van der Waals surface area contributed by atoms with Gasteiger partial charge in [0.25, 0.3) is 0 Å². The molecule has 0 spiro atoms. The molecule has 0 amide bonds. The summed E-state index contributed by atoms with van der Waals surface area (Å²) in [4.78, 5) is 0. The summed E-state index contributed by atoms with van der Waals surface area (Å²) in [5.41, 5.74) is -0.665. The van der Waals surface area contributed by atoms with Gasteiger partial charge < -0.3 is 5.11 Å². The minimum Gasteiger partial charge on any atom is -0.390 e. The van der Waals surface area contributed by atoms with E-state index in [4.69, 9.17) is 4.78 Å². The van der Waals surface area contributed by atoms with Gasteiger partial charge in [0.05, 0.1) is 5.60 Å². The Kier molecular flexibility index (Phi) is 1.76. The minimum absolute atomic E-state index is 0.361. The number of hydrogen-bond acceptors (Lipinski definition) is 3. The minimum atomic E-state index is -2.31. The van der Waals surface area contributed by atoms with Gasteiger partial charge in [-0.05, 0) is 19.8 Å². The van der Waals surface area contributed by atoms with Gasteiger partial charge in [-0.25, -0.2) is 4.21 Å². The fourth-order valence-corrected chi connectivity index (χ4v) is 2.74. The average molecular weight is 163 g/mol. The van der Waals surface area contributed by atoms with Crippen LogP contribution in [0.15, 0.2) is 0 Å². The summed E-state index contributed by atoms with van der Waals surface area (Å²) in [6, 6.07) is 0. The predicted molar refractivity (Wildman–Crippen MR) is 40.5 cm³/mol. The fraction of sp³-hybridized carbons (Fsp3) is 1.00. The lowest BCUT2D eigenvalue weighted by atomic mass is 10.0. The smallest absolute Gasteiger partial charge is 0.0638 e. The summed E-state index contributed by atoms with van der Waals surface area (Å²) in [6.45, 7) is 1.74. The van der Waals surface area contributed by atoms with Crippen LogP contribution in [0.1, 0.15) is 19.8 Å². The van der Waals surface area contributed by atoms with Gasteiger partial charge in [-0.1, -0.05) is 0 Å². The second kappa shape index (κ2) is 2.20. The quantitative estimate of drug-likeness (QED) is 0.548. The van der Waals surface area contributed by atoms with Crippen LogP contribution in [0.3, 0.4) is 0 Å². The number of nitrogens with one attached hydrogen (secondary N) is 1. The molecule has 60 valence electrons. The van der Waals surface area contributed by atoms with Gasteiger partial charge >= 0.3 is 0 Å². The van der Waals surface area contributed by atoms with Crippen molar-refractivity contribution >= 4 is 9.73 Å². The van der Waals surface area contributed by atoms with E-state index in [2.05, 4.69) is 0 Å². The third-order valence-electron chi connectivity index (χ3n) is 1.94. The molecule has 0 aromatic carbocycles. The first-order chi connectivity index (χ1) is 4.41. The van der Waals surface area contributed by atoms with Crippen LogP contribution in [0.2, 0.25) is 0 Å². The highest BCUT2D eigenvalue weighted by molar-refractivity contribution is 7.92. The van der Waals surface area contributed by atoms with Crippen LogP contribution >= 0.6 is 0 Å². The number of aliphatic hydroxyl groups is 1. The van der Waals surface area contributed by atoms with Crippen LogP contribution in [0.4, 0.5) is 0 Å². The van der Waals surface area contributed by atoms with Crippen LogP contribution in [-0.2, 0) is 9.73 Å². The van der Waals surface area contributed by atoms with Crippen molar-refractivity contribution < 1.29 is 9.32 Å². The molecule has 0 radical (unpaired) electrons. The van der Waals surface area contributed by atoms with Gasteiger partial charge in [-0.3, -0.25) is 4.78 Å². The van der Waals surface area contributed by atoms with Crippen LogP contribution in [0.5, 0.6) is 0 Å². The molecule has 1 aliphatic heterocycles. The van der Waals surface area contributed by atoms with E-state index in [1.54, 1.807) is 6.92 Å². The van der Waals surface area contributed by atoms with E-state index in [-0.39, 0.29) is 0 Å². The van der Waals surface area contributed by atoms with Crippen LogP contribution in [-0.4, -0.2) is 26.4 Å². The molecule has 1 saturated heterocycles. The lowest BCUT2D eigenvalue weighted by Gasteiger charge is -2.28. The molecule has 10 heavy (non-hydrogen) atoms. The SMILES string of the molecule is CC1(O)CCS(=N)(=O)CC1. The van der Waals surface area contributed by atoms with Crippen molar-refractivity contribution in [3.8, 4) is 0 Å². The Morgan fingerprint density at radius 2 is 1.90 bits per heavy atom. The Labute approximate surface area is 61.4 Å². The normalized spacial score (nSPS) is 49.0. The first-order valence-electron chi connectivity index (χ1n) is 3.38. The molecule has 1 rings (SSSR count). The van der Waals surface area contributed by atoms with Crippen LogP contribution in [0.25, 0.3) is 0 Å². The van der Waals surface area contributed by atoms with Gasteiger partial charge in [0.1, 0.15) is 0 Å². The Morgan fingerprint density at radius 3 is 2.20 bits per heavy atom. The van der Waals surface area contributed by atoms with E-state index < -0.39 is 15.3 Å². The molecular weight excluding hydrogens is 150 g/mol. The molecule has 0 aliphatic carbocycles. The Bertz CT molecular complexity index is 202. The molecule has 1 fully saturated rings. The molecule has 0 atom stereocenters. The van der Waals surface area contributed by atoms with Crippen molar-refractivity contribution in [1.29, 1.82) is 4.78 Å². The van der Waals surface area contributed by atoms with Gasteiger partial charge in [0.15, 0.2) is 0 Å². The topological polar surface area (TPSA) is 61.1 Å². The van der Waals surface area contributed by atoms with E-state index in [1.165, 1.54) is 0 Å². The van der Waals surface area contributed by atoms with Crippen molar-refractivity contribution in [1.82, 2.24) is 0 Å². The van der Waals surface area contributed by atoms with Crippen molar-refractivity contribution in [3.63, 3.8) is 0 Å². The van der Waals surface area contributed by atoms with E-state index in [0.717, 1.165) is 0 Å². The summed E-state index contributed by atoms with van der Waals surface area (Å²) in [7, 11) is -2.31. The van der Waals surface area contributed by atoms with Crippen molar-refractivity contribution in [2.75, 3.05) is 11.5 Å². The third kappa shape index (κ3) is 1.95. The van der Waals surface area contributed by atoms with Crippen molar-refractivity contribution in [3.05, 3.63) is 0 Å². The molecule has 0 bridgehead atoms. The summed E-state index contributed by atoms with van der Waals surface area (Å²) in [5.74, 6) is 0.722. The maximum atomic E-state index is 11.0. The van der Waals surface area contributed by atoms with Gasteiger partial charge in [0.2, 0.25) is 0 Å². The molecule has 1 heterocycles. The molecule has 2 N–H and O–H groups in total. The maximum Gasteiger partial charge on any atom is 0.0638 e. The average Bonchev–Trinajstić information content (AvgIpc) is 1.79. The predicted octanol–water partition coefficient (Wildman–Crippen LogP) is 0.578. The van der Waals surface area contributed by atoms with E-state index >= 15 is 0 Å². The largest absolute Gasteiger partial charge is 0.390 e. The summed E-state index contributed by atoms with van der Waals surface area (Å²) in [6.07, 6.45) is 1.02. The summed E-state index contributed by atoms with van der Waals surface area (Å²) < 4.78 is 18.3. The number of rotatable bonds is 0. The monoisotopic (exact) mass is 163 g/mol. The van der Waals surface area contributed by atoms with Crippen LogP contribution in [0, 0.1) is 4.78 Å². The van der Waals surface area contributed by atoms with E-state index in [0.29, 0.717) is 24.3 Å². The van der Waals surface area contributed by atoms with E-state index in [1.807, 2.05) is 0 Å². The van der Waals surface area contributed by atoms with Crippen molar-refractivity contribution in [2.45, 2.75) is 25.4 Å². The highest BCUT2D eigenvalue weighted by Gasteiger charge is 2.28. The molecule has 3 nitrogen and oxygen atoms in total. The molecule has 0 saturated carbocycles. The zero-order chi connectivity index (χ0) is 7.83. The Morgan fingerprint density at radius 1 is 1.50 bits per heavy atom. The molecular formula is C6H13NO2S. The number of hydrogen-bond donors (Lipinski definition) is 2. The lowest BCUT2D eigenvalue weighted by molar-refractivity contribution is 0.0505. The van der Waals surface area contributed by atoms with Crippen molar-refractivity contribution in [2.24, 2.45) is 0 Å². The molecule has 0 unspecified atom stereocenters. The van der Waals surface area contributed by atoms with Gasteiger partial charge in [-0.15, -0.1) is 0 Å². The summed E-state index contributed by atoms with van der Waals surface area (Å²) >= 11 is 0. The van der Waals surface area contributed by atoms with Gasteiger partial charge in [0, 0.05) is 21.2 Å². The highest BCUT2D eigenvalue weighted by Crippen LogP contribution is 2.22. The molecule has 0 aromatic rings. The lowest BCUT2D eigenvalue weighted by Crippen LogP contribution is -2.35. The molecule has 1 aliphatic rings. The Balaban J connectivity index is 2.63. The second-order valence-electron chi connectivity index (χ2n) is 3.22. The standard InChI is InChI=1S/C6H13NO2S/c1-6(8)2-4-10(7,9)5-3-6/h7-8H,2-5H2,1H3. The van der Waals surface area contributed by atoms with Crippen LogP contribution < -0.4 is 0 Å². The highest BCUT2D eigenvalue weighted by atomic mass is 32.2. The second-order valence-corrected chi connectivity index (χ2v) is 5.66. The Hall–Kier alpha value is -0.0900. The van der Waals surface area contributed by atoms with E-state index in [9.17, 15) is 9.32 Å². The fourth-order valence-electron chi connectivity index (χ4n) is 0.997. The maximum absolute atomic E-state index is 11.0. The summed E-state index contributed by atoms with van der Waals surface area (Å²) in [5, 5.41) is 9.40.